The Balaban J connectivity index is 1.64. The maximum absolute atomic E-state index is 6.66. The lowest BCUT2D eigenvalue weighted by Crippen LogP contribution is -2.63. The molecule has 4 heteroatoms. The van der Waals surface area contributed by atoms with E-state index in [0.717, 1.165) is 0 Å². The van der Waals surface area contributed by atoms with Gasteiger partial charge in [-0.2, -0.15) is 5.12 Å². The van der Waals surface area contributed by atoms with Crippen molar-refractivity contribution in [3.63, 3.8) is 0 Å². The molecule has 0 aromatic carbocycles. The Morgan fingerprint density at radius 2 is 1.17 bits per heavy atom. The molecule has 3 saturated carbocycles. The van der Waals surface area contributed by atoms with Gasteiger partial charge in [-0.05, 0) is 44.4 Å². The Kier molecular flexibility index (Phi) is 6.99. The highest BCUT2D eigenvalue weighted by molar-refractivity contribution is 4.99. The van der Waals surface area contributed by atoms with Gasteiger partial charge in [0.25, 0.3) is 0 Å². The molecule has 3 aliphatic rings. The van der Waals surface area contributed by atoms with Gasteiger partial charge >= 0.3 is 0 Å². The highest BCUT2D eigenvalue weighted by atomic mass is 15.9. The van der Waals surface area contributed by atoms with Crippen LogP contribution >= 0.6 is 0 Å². The first-order valence-corrected chi connectivity index (χ1v) is 10.5. The maximum Gasteiger partial charge on any atom is 0.0465 e. The van der Waals surface area contributed by atoms with Crippen LogP contribution in [0.1, 0.15) is 96.3 Å². The smallest absolute Gasteiger partial charge is 0.0465 e. The van der Waals surface area contributed by atoms with Crippen molar-refractivity contribution in [1.29, 1.82) is 0 Å². The molecule has 3 fully saturated rings. The van der Waals surface area contributed by atoms with Crippen molar-refractivity contribution in [1.82, 2.24) is 15.7 Å². The van der Waals surface area contributed by atoms with Crippen LogP contribution in [0, 0.1) is 5.92 Å². The van der Waals surface area contributed by atoms with Gasteiger partial charge in [0.15, 0.2) is 0 Å². The molecule has 0 unspecified atom stereocenters. The quantitative estimate of drug-likeness (QED) is 0.548. The van der Waals surface area contributed by atoms with Gasteiger partial charge in [-0.1, -0.05) is 64.4 Å². The van der Waals surface area contributed by atoms with Crippen molar-refractivity contribution in [3.8, 4) is 0 Å². The summed E-state index contributed by atoms with van der Waals surface area (Å²) in [5, 5.41) is 4.36. The Labute approximate surface area is 148 Å². The summed E-state index contributed by atoms with van der Waals surface area (Å²) < 4.78 is 0. The number of hydrogen-bond donors (Lipinski definition) is 2. The summed E-state index contributed by atoms with van der Waals surface area (Å²) in [5.74, 6) is 7.29. The minimum absolute atomic E-state index is 0.493. The molecular formula is C20H38N4. The summed E-state index contributed by atoms with van der Waals surface area (Å²) in [7, 11) is 0. The molecule has 0 saturated heterocycles. The summed E-state index contributed by atoms with van der Waals surface area (Å²) in [4.78, 5) is 0. The van der Waals surface area contributed by atoms with Crippen LogP contribution in [0.5, 0.6) is 0 Å². The van der Waals surface area contributed by atoms with E-state index in [2.05, 4.69) is 22.2 Å². The molecule has 0 amide bonds. The third kappa shape index (κ3) is 4.74. The van der Waals surface area contributed by atoms with Crippen molar-refractivity contribution in [2.75, 3.05) is 0 Å². The maximum atomic E-state index is 6.66. The Hall–Kier alpha value is -0.580. The van der Waals surface area contributed by atoms with Gasteiger partial charge < -0.3 is 5.43 Å². The Morgan fingerprint density at radius 1 is 0.708 bits per heavy atom. The summed E-state index contributed by atoms with van der Waals surface area (Å²) in [6.45, 7) is 4.41. The van der Waals surface area contributed by atoms with E-state index in [4.69, 9.17) is 5.84 Å². The van der Waals surface area contributed by atoms with E-state index < -0.39 is 0 Å². The van der Waals surface area contributed by atoms with E-state index in [1.165, 1.54) is 102 Å². The highest BCUT2D eigenvalue weighted by Crippen LogP contribution is 2.30. The van der Waals surface area contributed by atoms with E-state index in [9.17, 15) is 0 Å². The van der Waals surface area contributed by atoms with Crippen LogP contribution < -0.4 is 11.3 Å². The Morgan fingerprint density at radius 3 is 1.71 bits per heavy atom. The monoisotopic (exact) mass is 334 g/mol. The standard InChI is InChI=1S/C20H38N4/c1-17(18-11-5-2-6-12-18)22-24(20-15-9-4-10-16-20)23(21)19-13-7-3-8-14-19/h18-20,22H,1-16,21H2. The first-order chi connectivity index (χ1) is 11.8. The van der Waals surface area contributed by atoms with Crippen LogP contribution in [0.3, 0.4) is 0 Å². The van der Waals surface area contributed by atoms with Crippen molar-refractivity contribution in [2.24, 2.45) is 11.8 Å². The number of nitrogens with zero attached hydrogens (tertiary/aromatic N) is 2. The minimum Gasteiger partial charge on any atom is -0.309 e. The zero-order valence-corrected chi connectivity index (χ0v) is 15.5. The van der Waals surface area contributed by atoms with Gasteiger partial charge in [-0.3, -0.25) is 5.84 Å². The van der Waals surface area contributed by atoms with Crippen molar-refractivity contribution in [3.05, 3.63) is 12.3 Å². The van der Waals surface area contributed by atoms with Crippen LogP contribution in [0.2, 0.25) is 0 Å². The van der Waals surface area contributed by atoms with E-state index in [1.807, 2.05) is 0 Å². The molecule has 0 radical (unpaired) electrons. The molecule has 0 aromatic heterocycles. The number of rotatable bonds is 6. The average Bonchev–Trinajstić information content (AvgIpc) is 2.67. The molecule has 0 spiro atoms. The second kappa shape index (κ2) is 9.21. The molecule has 0 aromatic rings. The molecule has 0 aliphatic heterocycles. The molecule has 0 bridgehead atoms. The number of hydrogen-bond acceptors (Lipinski definition) is 4. The molecule has 0 atom stereocenters. The van der Waals surface area contributed by atoms with E-state index in [-0.39, 0.29) is 0 Å². The largest absolute Gasteiger partial charge is 0.309 e. The lowest BCUT2D eigenvalue weighted by Gasteiger charge is -2.45. The van der Waals surface area contributed by atoms with Crippen molar-refractivity contribution < 1.29 is 0 Å². The average molecular weight is 335 g/mol. The van der Waals surface area contributed by atoms with Gasteiger partial charge in [0.1, 0.15) is 0 Å². The zero-order chi connectivity index (χ0) is 16.8. The molecular weight excluding hydrogens is 296 g/mol. The number of nitrogens with one attached hydrogen (secondary N) is 1. The number of hydrazine groups is 3. The van der Waals surface area contributed by atoms with Crippen LogP contribution in [-0.4, -0.2) is 22.3 Å². The molecule has 24 heavy (non-hydrogen) atoms. The summed E-state index contributed by atoms with van der Waals surface area (Å²) in [6, 6.07) is 1.03. The molecule has 3 aliphatic carbocycles. The van der Waals surface area contributed by atoms with Crippen LogP contribution in [0.15, 0.2) is 12.3 Å². The highest BCUT2D eigenvalue weighted by Gasteiger charge is 2.31. The molecule has 3 rings (SSSR count). The normalized spacial score (nSPS) is 25.3. The first kappa shape index (κ1) is 18.2. The Bertz CT molecular complexity index is 379. The summed E-state index contributed by atoms with van der Waals surface area (Å²) in [6.07, 6.45) is 19.7. The fraction of sp³-hybridized carbons (Fsp3) is 0.900. The summed E-state index contributed by atoms with van der Waals surface area (Å²) >= 11 is 0. The lowest BCUT2D eigenvalue weighted by molar-refractivity contribution is -0.141. The van der Waals surface area contributed by atoms with Crippen molar-refractivity contribution in [2.45, 2.75) is 108 Å². The molecule has 3 N–H and O–H groups in total. The van der Waals surface area contributed by atoms with Gasteiger partial charge in [-0.15, -0.1) is 5.12 Å². The lowest BCUT2D eigenvalue weighted by atomic mass is 9.87. The number of nitrogens with two attached hydrogens (primary N) is 1. The van der Waals surface area contributed by atoms with Gasteiger partial charge in [-0.25, -0.2) is 0 Å². The van der Waals surface area contributed by atoms with Crippen molar-refractivity contribution >= 4 is 0 Å². The third-order valence-electron chi connectivity index (χ3n) is 6.47. The van der Waals surface area contributed by atoms with Crippen LogP contribution in [0.25, 0.3) is 0 Å². The van der Waals surface area contributed by atoms with Gasteiger partial charge in [0.2, 0.25) is 0 Å². The van der Waals surface area contributed by atoms with E-state index >= 15 is 0 Å². The minimum atomic E-state index is 0.493. The predicted molar refractivity (Wildman–Crippen MR) is 100 cm³/mol. The fourth-order valence-electron chi connectivity index (χ4n) is 4.87. The summed E-state index contributed by atoms with van der Waals surface area (Å²) in [5.41, 5.74) is 4.89. The first-order valence-electron chi connectivity index (χ1n) is 10.5. The molecule has 4 nitrogen and oxygen atoms in total. The topological polar surface area (TPSA) is 44.5 Å². The molecule has 138 valence electrons. The predicted octanol–water partition coefficient (Wildman–Crippen LogP) is 4.64. The van der Waals surface area contributed by atoms with E-state index in [0.29, 0.717) is 18.0 Å². The van der Waals surface area contributed by atoms with Gasteiger partial charge in [0, 0.05) is 17.8 Å². The second-order valence-electron chi connectivity index (χ2n) is 8.28. The van der Waals surface area contributed by atoms with E-state index in [1.54, 1.807) is 0 Å². The zero-order valence-electron chi connectivity index (χ0n) is 15.5. The van der Waals surface area contributed by atoms with Crippen LogP contribution in [-0.2, 0) is 0 Å². The SMILES string of the molecule is C=C(NN(C1CCCCC1)N(N)C1CCCCC1)C1CCCCC1. The van der Waals surface area contributed by atoms with Gasteiger partial charge in [0.05, 0.1) is 0 Å². The third-order valence-corrected chi connectivity index (χ3v) is 6.47. The molecule has 0 heterocycles. The fourth-order valence-corrected chi connectivity index (χ4v) is 4.87. The number of allylic oxidation sites excluding steroid dienone is 1. The van der Waals surface area contributed by atoms with Crippen LogP contribution in [0.4, 0.5) is 0 Å². The second-order valence-corrected chi connectivity index (χ2v) is 8.28.